The van der Waals surface area contributed by atoms with Gasteiger partial charge in [-0.15, -0.1) is 0 Å². The van der Waals surface area contributed by atoms with E-state index in [4.69, 9.17) is 4.74 Å². The molecule has 2 N–H and O–H groups in total. The van der Waals surface area contributed by atoms with Crippen molar-refractivity contribution in [2.75, 3.05) is 18.6 Å². The number of nitrogens with zero attached hydrogens (tertiary/aromatic N) is 2. The number of carbonyl (C=O) groups is 2. The average molecular weight is 340 g/mol. The van der Waals surface area contributed by atoms with Crippen molar-refractivity contribution >= 4 is 17.6 Å². The number of aromatic nitrogens is 1. The maximum absolute atomic E-state index is 12.1. The molecule has 3 amide bonds. The van der Waals surface area contributed by atoms with Gasteiger partial charge in [-0.2, -0.15) is 0 Å². The van der Waals surface area contributed by atoms with Crippen molar-refractivity contribution in [2.24, 2.45) is 0 Å². The van der Waals surface area contributed by atoms with E-state index in [1.54, 1.807) is 30.3 Å². The number of para-hydroxylation sites is 1. The van der Waals surface area contributed by atoms with Crippen LogP contribution in [-0.4, -0.2) is 36.6 Å². The lowest BCUT2D eigenvalue weighted by Crippen LogP contribution is -2.43. The van der Waals surface area contributed by atoms with Gasteiger partial charge < -0.3 is 20.3 Å². The van der Waals surface area contributed by atoms with E-state index in [0.717, 1.165) is 11.3 Å². The molecule has 0 bridgehead atoms. The van der Waals surface area contributed by atoms with Crippen LogP contribution in [0.2, 0.25) is 0 Å². The summed E-state index contributed by atoms with van der Waals surface area (Å²) in [5, 5.41) is 5.63. The van der Waals surface area contributed by atoms with Crippen LogP contribution in [0.25, 0.3) is 0 Å². The second-order valence-corrected chi connectivity index (χ2v) is 5.77. The summed E-state index contributed by atoms with van der Waals surface area (Å²) in [7, 11) is 1.54. The number of ether oxygens (including phenoxy) is 1. The Balaban J connectivity index is 1.51. The molecule has 1 aromatic carbocycles. The highest BCUT2D eigenvalue weighted by atomic mass is 16.5. The zero-order chi connectivity index (χ0) is 17.6. The highest BCUT2D eigenvalue weighted by Gasteiger charge is 2.31. The number of hydrogen-bond donors (Lipinski definition) is 2. The summed E-state index contributed by atoms with van der Waals surface area (Å²) in [5.74, 6) is 0.509. The van der Waals surface area contributed by atoms with Crippen LogP contribution in [0.15, 0.2) is 48.7 Å². The SMILES string of the molecule is COc1cc(CNC(=O)N[C@@H]2CC(=O)N(c3ccccc3)C2)ccn1. The van der Waals surface area contributed by atoms with Crippen LogP contribution in [0.5, 0.6) is 5.88 Å². The maximum Gasteiger partial charge on any atom is 0.315 e. The van der Waals surface area contributed by atoms with Gasteiger partial charge in [-0.25, -0.2) is 9.78 Å². The molecule has 1 saturated heterocycles. The molecule has 130 valence electrons. The molecule has 0 unspecified atom stereocenters. The second kappa shape index (κ2) is 7.65. The van der Waals surface area contributed by atoms with E-state index < -0.39 is 0 Å². The van der Waals surface area contributed by atoms with Crippen molar-refractivity contribution in [3.8, 4) is 5.88 Å². The van der Waals surface area contributed by atoms with E-state index in [1.807, 2.05) is 30.3 Å². The summed E-state index contributed by atoms with van der Waals surface area (Å²) in [5.41, 5.74) is 1.73. The summed E-state index contributed by atoms with van der Waals surface area (Å²) in [6.07, 6.45) is 1.92. The minimum Gasteiger partial charge on any atom is -0.481 e. The molecule has 1 aliphatic rings. The van der Waals surface area contributed by atoms with Crippen molar-refractivity contribution in [3.05, 3.63) is 54.2 Å². The minimum absolute atomic E-state index is 0.00960. The van der Waals surface area contributed by atoms with Gasteiger partial charge in [0.15, 0.2) is 0 Å². The number of urea groups is 1. The standard InChI is InChI=1S/C18H20N4O3/c1-25-16-9-13(7-8-19-16)11-20-18(24)21-14-10-17(23)22(12-14)15-5-3-2-4-6-15/h2-9,14H,10-12H2,1H3,(H2,20,21,24)/t14-/m1/s1. The van der Waals surface area contributed by atoms with Crippen LogP contribution < -0.4 is 20.3 Å². The molecular formula is C18H20N4O3. The van der Waals surface area contributed by atoms with Crippen LogP contribution in [0, 0.1) is 0 Å². The van der Waals surface area contributed by atoms with Crippen molar-refractivity contribution in [2.45, 2.75) is 19.0 Å². The molecule has 3 rings (SSSR count). The third kappa shape index (κ3) is 4.26. The maximum atomic E-state index is 12.1. The third-order valence-corrected chi connectivity index (χ3v) is 3.99. The van der Waals surface area contributed by atoms with Gasteiger partial charge in [0.2, 0.25) is 11.8 Å². The third-order valence-electron chi connectivity index (χ3n) is 3.99. The average Bonchev–Trinajstić information content (AvgIpc) is 3.01. The van der Waals surface area contributed by atoms with Crippen LogP contribution >= 0.6 is 0 Å². The molecule has 1 aliphatic heterocycles. The highest BCUT2D eigenvalue weighted by Crippen LogP contribution is 2.20. The van der Waals surface area contributed by atoms with Gasteiger partial charge in [-0.05, 0) is 23.8 Å². The molecule has 0 aliphatic carbocycles. The van der Waals surface area contributed by atoms with E-state index in [0.29, 0.717) is 25.4 Å². The van der Waals surface area contributed by atoms with Crippen LogP contribution in [0.3, 0.4) is 0 Å². The van der Waals surface area contributed by atoms with Crippen LogP contribution in [-0.2, 0) is 11.3 Å². The van der Waals surface area contributed by atoms with E-state index >= 15 is 0 Å². The molecule has 7 heteroatoms. The lowest BCUT2D eigenvalue weighted by Gasteiger charge is -2.17. The highest BCUT2D eigenvalue weighted by molar-refractivity contribution is 5.96. The molecule has 7 nitrogen and oxygen atoms in total. The van der Waals surface area contributed by atoms with Gasteiger partial charge >= 0.3 is 6.03 Å². The number of hydrogen-bond acceptors (Lipinski definition) is 4. The Morgan fingerprint density at radius 2 is 2.12 bits per heavy atom. The van der Waals surface area contributed by atoms with Crippen molar-refractivity contribution in [1.29, 1.82) is 0 Å². The molecule has 1 aromatic heterocycles. The molecule has 0 spiro atoms. The van der Waals surface area contributed by atoms with Crippen LogP contribution in [0.4, 0.5) is 10.5 Å². The Kier molecular flexibility index (Phi) is 5.13. The summed E-state index contributed by atoms with van der Waals surface area (Å²) in [6.45, 7) is 0.827. The number of nitrogens with one attached hydrogen (secondary N) is 2. The number of rotatable bonds is 5. The first kappa shape index (κ1) is 16.8. The Bertz CT molecular complexity index is 751. The smallest absolute Gasteiger partial charge is 0.315 e. The molecule has 0 radical (unpaired) electrons. The Morgan fingerprint density at radius 1 is 1.32 bits per heavy atom. The molecule has 2 aromatic rings. The summed E-state index contributed by atoms with van der Waals surface area (Å²) >= 11 is 0. The molecule has 1 atom stereocenters. The zero-order valence-electron chi connectivity index (χ0n) is 13.9. The fourth-order valence-corrected chi connectivity index (χ4v) is 2.75. The van der Waals surface area contributed by atoms with Gasteiger partial charge in [0, 0.05) is 37.5 Å². The summed E-state index contributed by atoms with van der Waals surface area (Å²) in [6, 6.07) is 12.5. The number of benzene rings is 1. The van der Waals surface area contributed by atoms with Gasteiger partial charge in [0.05, 0.1) is 13.2 Å². The largest absolute Gasteiger partial charge is 0.481 e. The first-order chi connectivity index (χ1) is 12.2. The quantitative estimate of drug-likeness (QED) is 0.868. The summed E-state index contributed by atoms with van der Waals surface area (Å²) in [4.78, 5) is 29.9. The Labute approximate surface area is 146 Å². The van der Waals surface area contributed by atoms with Crippen molar-refractivity contribution in [1.82, 2.24) is 15.6 Å². The predicted octanol–water partition coefficient (Wildman–Crippen LogP) is 1.69. The number of amides is 3. The first-order valence-electron chi connectivity index (χ1n) is 8.04. The fraction of sp³-hybridized carbons (Fsp3) is 0.278. The van der Waals surface area contributed by atoms with Gasteiger partial charge in [-0.1, -0.05) is 18.2 Å². The molecule has 1 fully saturated rings. The Hall–Kier alpha value is -3.09. The zero-order valence-corrected chi connectivity index (χ0v) is 13.9. The van der Waals surface area contributed by atoms with Crippen LogP contribution in [0.1, 0.15) is 12.0 Å². The second-order valence-electron chi connectivity index (χ2n) is 5.77. The van der Waals surface area contributed by atoms with Gasteiger partial charge in [0.1, 0.15) is 0 Å². The number of carbonyl (C=O) groups excluding carboxylic acids is 2. The molecule has 25 heavy (non-hydrogen) atoms. The lowest BCUT2D eigenvalue weighted by molar-refractivity contribution is -0.117. The molecular weight excluding hydrogens is 320 g/mol. The lowest BCUT2D eigenvalue weighted by atomic mass is 10.2. The normalized spacial score (nSPS) is 16.6. The topological polar surface area (TPSA) is 83.6 Å². The molecule has 0 saturated carbocycles. The summed E-state index contributed by atoms with van der Waals surface area (Å²) < 4.78 is 5.05. The first-order valence-corrected chi connectivity index (χ1v) is 8.04. The fourth-order valence-electron chi connectivity index (χ4n) is 2.75. The van der Waals surface area contributed by atoms with Crippen molar-refractivity contribution in [3.63, 3.8) is 0 Å². The number of pyridine rings is 1. The Morgan fingerprint density at radius 3 is 2.88 bits per heavy atom. The number of methoxy groups -OCH3 is 1. The van der Waals surface area contributed by atoms with Gasteiger partial charge in [0.25, 0.3) is 0 Å². The monoisotopic (exact) mass is 340 g/mol. The van der Waals surface area contributed by atoms with E-state index in [1.165, 1.54) is 0 Å². The predicted molar refractivity (Wildman–Crippen MR) is 93.4 cm³/mol. The number of anilines is 1. The van der Waals surface area contributed by atoms with Crippen molar-refractivity contribution < 1.29 is 14.3 Å². The molecule has 2 heterocycles. The van der Waals surface area contributed by atoms with Gasteiger partial charge in [-0.3, -0.25) is 4.79 Å². The van der Waals surface area contributed by atoms with E-state index in [9.17, 15) is 9.59 Å². The minimum atomic E-state index is -0.302. The van der Waals surface area contributed by atoms with E-state index in [-0.39, 0.29) is 18.0 Å². The van der Waals surface area contributed by atoms with E-state index in [2.05, 4.69) is 15.6 Å².